The highest BCUT2D eigenvalue weighted by Crippen LogP contribution is 2.24. The summed E-state index contributed by atoms with van der Waals surface area (Å²) in [5.74, 6) is -0.869. The molecule has 4 aromatic carbocycles. The molecule has 0 fully saturated rings. The summed E-state index contributed by atoms with van der Waals surface area (Å²) >= 11 is 0. The average molecular weight is 437 g/mol. The largest absolute Gasteiger partial charge is 0.493 e. The van der Waals surface area contributed by atoms with Crippen molar-refractivity contribution in [2.75, 3.05) is 11.9 Å². The second-order valence-electron chi connectivity index (χ2n) is 7.52. The first kappa shape index (κ1) is 21.8. The number of para-hydroxylation sites is 1. The zero-order valence-corrected chi connectivity index (χ0v) is 17.9. The predicted molar refractivity (Wildman–Crippen MR) is 131 cm³/mol. The average Bonchev–Trinajstić information content (AvgIpc) is 2.83. The molecule has 0 atom stereocenters. The first-order valence-electron chi connectivity index (χ1n) is 10.6. The van der Waals surface area contributed by atoms with Crippen molar-refractivity contribution in [3.63, 3.8) is 0 Å². The van der Waals surface area contributed by atoms with Gasteiger partial charge in [0.2, 0.25) is 0 Å². The summed E-state index contributed by atoms with van der Waals surface area (Å²) in [6.45, 7) is 0.385. The quantitative estimate of drug-likeness (QED) is 0.341. The van der Waals surface area contributed by atoms with Gasteiger partial charge in [0.25, 0.3) is 5.91 Å². The Labute approximate surface area is 192 Å². The molecule has 5 nitrogen and oxygen atoms in total. The van der Waals surface area contributed by atoms with Gasteiger partial charge in [-0.1, -0.05) is 66.7 Å². The topological polar surface area (TPSA) is 75.6 Å². The molecule has 0 aliphatic heterocycles. The number of benzene rings is 4. The number of aliphatic carboxylic acids is 1. The summed E-state index contributed by atoms with van der Waals surface area (Å²) in [6.07, 6.45) is 3.19. The lowest BCUT2D eigenvalue weighted by molar-refractivity contribution is -0.131. The molecule has 0 saturated heterocycles. The fourth-order valence-electron chi connectivity index (χ4n) is 3.50. The third-order valence-corrected chi connectivity index (χ3v) is 5.18. The summed E-state index contributed by atoms with van der Waals surface area (Å²) in [4.78, 5) is 23.7. The van der Waals surface area contributed by atoms with E-state index in [9.17, 15) is 9.59 Å². The normalized spacial score (nSPS) is 10.9. The van der Waals surface area contributed by atoms with Crippen LogP contribution in [-0.2, 0) is 11.2 Å². The Kier molecular flexibility index (Phi) is 6.81. The van der Waals surface area contributed by atoms with E-state index >= 15 is 0 Å². The maximum absolute atomic E-state index is 12.7. The number of anilines is 1. The lowest BCUT2D eigenvalue weighted by Crippen LogP contribution is -2.12. The number of hydrogen-bond acceptors (Lipinski definition) is 3. The predicted octanol–water partition coefficient (Wildman–Crippen LogP) is 5.81. The SMILES string of the molecule is O=C(O)C=Cc1ccc(C(=O)Nc2ccccc2)cc1OCCc1ccc2ccccc2c1. The Morgan fingerprint density at radius 3 is 2.39 bits per heavy atom. The van der Waals surface area contributed by atoms with E-state index in [-0.39, 0.29) is 5.91 Å². The van der Waals surface area contributed by atoms with Crippen molar-refractivity contribution < 1.29 is 19.4 Å². The summed E-state index contributed by atoms with van der Waals surface area (Å²) in [6, 6.07) is 28.6. The molecule has 0 unspecified atom stereocenters. The van der Waals surface area contributed by atoms with Gasteiger partial charge < -0.3 is 15.2 Å². The van der Waals surface area contributed by atoms with E-state index in [1.807, 2.05) is 42.5 Å². The van der Waals surface area contributed by atoms with Crippen LogP contribution >= 0.6 is 0 Å². The first-order valence-corrected chi connectivity index (χ1v) is 10.6. The molecule has 1 amide bonds. The van der Waals surface area contributed by atoms with Crippen LogP contribution in [0.2, 0.25) is 0 Å². The smallest absolute Gasteiger partial charge is 0.328 e. The van der Waals surface area contributed by atoms with E-state index in [1.54, 1.807) is 18.2 Å². The van der Waals surface area contributed by atoms with E-state index < -0.39 is 5.97 Å². The van der Waals surface area contributed by atoms with Crippen molar-refractivity contribution in [1.82, 2.24) is 0 Å². The fraction of sp³-hybridized carbons (Fsp3) is 0.0714. The Balaban J connectivity index is 1.51. The van der Waals surface area contributed by atoms with E-state index in [2.05, 4.69) is 35.6 Å². The molecule has 0 heterocycles. The molecular weight excluding hydrogens is 414 g/mol. The first-order chi connectivity index (χ1) is 16.1. The van der Waals surface area contributed by atoms with E-state index in [1.165, 1.54) is 16.8 Å². The third kappa shape index (κ3) is 5.86. The lowest BCUT2D eigenvalue weighted by Gasteiger charge is -2.12. The molecule has 5 heteroatoms. The standard InChI is InChI=1S/C28H23NO4/c30-27(31)15-14-22-12-13-24(28(32)29-25-8-2-1-3-9-25)19-26(22)33-17-16-20-10-11-21-6-4-5-7-23(21)18-20/h1-15,18-19H,16-17H2,(H,29,32)(H,30,31). The number of fused-ring (bicyclic) bond motifs is 1. The molecule has 0 bridgehead atoms. The van der Waals surface area contributed by atoms with Crippen LogP contribution in [0, 0.1) is 0 Å². The zero-order valence-electron chi connectivity index (χ0n) is 17.9. The second kappa shape index (κ2) is 10.3. The minimum absolute atomic E-state index is 0.269. The van der Waals surface area contributed by atoms with Gasteiger partial charge in [0.15, 0.2) is 0 Å². The van der Waals surface area contributed by atoms with Crippen LogP contribution in [0.25, 0.3) is 16.8 Å². The molecule has 4 aromatic rings. The van der Waals surface area contributed by atoms with Crippen LogP contribution < -0.4 is 10.1 Å². The van der Waals surface area contributed by atoms with Gasteiger partial charge in [0.1, 0.15) is 5.75 Å². The van der Waals surface area contributed by atoms with Crippen LogP contribution in [0.15, 0.2) is 97.1 Å². The van der Waals surface area contributed by atoms with Crippen molar-refractivity contribution in [2.24, 2.45) is 0 Å². The minimum Gasteiger partial charge on any atom is -0.493 e. The van der Waals surface area contributed by atoms with Crippen molar-refractivity contribution in [2.45, 2.75) is 6.42 Å². The van der Waals surface area contributed by atoms with E-state index in [0.717, 1.165) is 11.6 Å². The van der Waals surface area contributed by atoms with Gasteiger partial charge in [-0.25, -0.2) is 4.79 Å². The highest BCUT2D eigenvalue weighted by atomic mass is 16.5. The van der Waals surface area contributed by atoms with Crippen molar-refractivity contribution >= 4 is 34.4 Å². The van der Waals surface area contributed by atoms with Gasteiger partial charge in [-0.3, -0.25) is 4.79 Å². The van der Waals surface area contributed by atoms with Crippen LogP contribution in [-0.4, -0.2) is 23.6 Å². The minimum atomic E-state index is -1.05. The van der Waals surface area contributed by atoms with Gasteiger partial charge in [-0.15, -0.1) is 0 Å². The molecule has 2 N–H and O–H groups in total. The van der Waals surface area contributed by atoms with E-state index in [0.29, 0.717) is 35.6 Å². The maximum Gasteiger partial charge on any atom is 0.328 e. The molecule has 164 valence electrons. The fourth-order valence-corrected chi connectivity index (χ4v) is 3.50. The molecule has 0 aromatic heterocycles. The van der Waals surface area contributed by atoms with Crippen molar-refractivity contribution in [3.8, 4) is 5.75 Å². The number of ether oxygens (including phenoxy) is 1. The number of carbonyl (C=O) groups is 2. The molecule has 33 heavy (non-hydrogen) atoms. The monoisotopic (exact) mass is 437 g/mol. The molecule has 4 rings (SSSR count). The molecular formula is C28H23NO4. The zero-order chi connectivity index (χ0) is 23.0. The molecule has 0 spiro atoms. The number of carbonyl (C=O) groups excluding carboxylic acids is 1. The van der Waals surface area contributed by atoms with Crippen molar-refractivity contribution in [1.29, 1.82) is 0 Å². The summed E-state index contributed by atoms with van der Waals surface area (Å²) in [5, 5.41) is 14.2. The summed E-state index contributed by atoms with van der Waals surface area (Å²) in [7, 11) is 0. The lowest BCUT2D eigenvalue weighted by atomic mass is 10.1. The Bertz CT molecular complexity index is 1310. The van der Waals surface area contributed by atoms with Crippen LogP contribution in [0.1, 0.15) is 21.5 Å². The van der Waals surface area contributed by atoms with Crippen molar-refractivity contribution in [3.05, 3.63) is 114 Å². The highest BCUT2D eigenvalue weighted by molar-refractivity contribution is 6.04. The third-order valence-electron chi connectivity index (χ3n) is 5.18. The molecule has 0 radical (unpaired) electrons. The Morgan fingerprint density at radius 2 is 1.61 bits per heavy atom. The van der Waals surface area contributed by atoms with E-state index in [4.69, 9.17) is 9.84 Å². The number of carboxylic acids is 1. The highest BCUT2D eigenvalue weighted by Gasteiger charge is 2.11. The van der Waals surface area contributed by atoms with Gasteiger partial charge >= 0.3 is 5.97 Å². The molecule has 0 aliphatic rings. The van der Waals surface area contributed by atoms with Crippen LogP contribution in [0.5, 0.6) is 5.75 Å². The maximum atomic E-state index is 12.7. The molecule has 0 aliphatic carbocycles. The van der Waals surface area contributed by atoms with Crippen LogP contribution in [0.4, 0.5) is 5.69 Å². The number of nitrogens with one attached hydrogen (secondary N) is 1. The number of amides is 1. The van der Waals surface area contributed by atoms with Gasteiger partial charge in [-0.2, -0.15) is 0 Å². The number of carboxylic acid groups (broad SMARTS) is 1. The summed E-state index contributed by atoms with van der Waals surface area (Å²) in [5.41, 5.74) is 2.84. The van der Waals surface area contributed by atoms with Gasteiger partial charge in [-0.05, 0) is 46.7 Å². The number of rotatable bonds is 8. The summed E-state index contributed by atoms with van der Waals surface area (Å²) < 4.78 is 6.00. The Morgan fingerprint density at radius 1 is 0.848 bits per heavy atom. The van der Waals surface area contributed by atoms with Gasteiger partial charge in [0, 0.05) is 29.3 Å². The number of hydrogen-bond donors (Lipinski definition) is 2. The molecule has 0 saturated carbocycles. The Hall–Kier alpha value is -4.38. The van der Waals surface area contributed by atoms with Crippen LogP contribution in [0.3, 0.4) is 0 Å². The van der Waals surface area contributed by atoms with Gasteiger partial charge in [0.05, 0.1) is 6.61 Å². The second-order valence-corrected chi connectivity index (χ2v) is 7.52.